The van der Waals surface area contributed by atoms with Crippen molar-refractivity contribution in [3.8, 4) is 5.75 Å². The van der Waals surface area contributed by atoms with E-state index in [0.717, 1.165) is 16.9 Å². The summed E-state index contributed by atoms with van der Waals surface area (Å²) in [6.45, 7) is 8.25. The molecule has 3 heteroatoms. The quantitative estimate of drug-likeness (QED) is 0.778. The predicted molar refractivity (Wildman–Crippen MR) is 76.2 cm³/mol. The van der Waals surface area contributed by atoms with Crippen LogP contribution in [-0.2, 0) is 17.8 Å². The number of amides is 1. The summed E-state index contributed by atoms with van der Waals surface area (Å²) in [5.74, 6) is -0.438. The molecule has 0 aliphatic carbocycles. The standard InChI is InChI=1S/C16H23NO2/c1-11-8-12-6-7-14(19-5)9-13(12)10-17(15(11)18)16(2,3)4/h6-7,9,11H,8,10H2,1-5H3/i11D. The van der Waals surface area contributed by atoms with Gasteiger partial charge in [0.25, 0.3) is 0 Å². The fraction of sp³-hybridized carbons (Fsp3) is 0.562. The SMILES string of the molecule is [2H]C1(C)Cc2ccc(OC)cc2CN(C(C)(C)C)C1=O. The van der Waals surface area contributed by atoms with E-state index in [0.29, 0.717) is 13.0 Å². The molecule has 19 heavy (non-hydrogen) atoms. The summed E-state index contributed by atoms with van der Waals surface area (Å²) in [6, 6.07) is 5.84. The van der Waals surface area contributed by atoms with E-state index in [4.69, 9.17) is 6.11 Å². The number of ether oxygens (including phenoxy) is 1. The van der Waals surface area contributed by atoms with E-state index >= 15 is 0 Å². The van der Waals surface area contributed by atoms with Gasteiger partial charge in [-0.15, -0.1) is 0 Å². The summed E-state index contributed by atoms with van der Waals surface area (Å²) in [5.41, 5.74) is 1.83. The van der Waals surface area contributed by atoms with Crippen LogP contribution in [0, 0.1) is 5.89 Å². The number of nitrogens with zero attached hydrogens (tertiary/aromatic N) is 1. The van der Waals surface area contributed by atoms with E-state index in [-0.39, 0.29) is 11.4 Å². The van der Waals surface area contributed by atoms with Crippen LogP contribution in [0.25, 0.3) is 0 Å². The summed E-state index contributed by atoms with van der Waals surface area (Å²) in [7, 11) is 1.64. The number of carbonyl (C=O) groups excluding carboxylic acids is 1. The van der Waals surface area contributed by atoms with Crippen LogP contribution in [0.4, 0.5) is 0 Å². The Kier molecular flexibility index (Phi) is 3.21. The maximum atomic E-state index is 12.6. The third kappa shape index (κ3) is 2.75. The molecule has 0 fully saturated rings. The summed E-state index contributed by atoms with van der Waals surface area (Å²) in [5, 5.41) is 0. The lowest BCUT2D eigenvalue weighted by molar-refractivity contribution is -0.140. The van der Waals surface area contributed by atoms with Crippen molar-refractivity contribution < 1.29 is 10.9 Å². The molecule has 2 rings (SSSR count). The van der Waals surface area contributed by atoms with E-state index in [1.807, 2.05) is 39.0 Å². The van der Waals surface area contributed by atoms with Gasteiger partial charge in [0.15, 0.2) is 0 Å². The van der Waals surface area contributed by atoms with Crippen molar-refractivity contribution in [3.05, 3.63) is 29.3 Å². The first kappa shape index (κ1) is 12.5. The summed E-state index contributed by atoms with van der Waals surface area (Å²) < 4.78 is 13.7. The largest absolute Gasteiger partial charge is 0.497 e. The number of benzene rings is 1. The minimum absolute atomic E-state index is 0.111. The number of fused-ring (bicyclic) bond motifs is 1. The summed E-state index contributed by atoms with van der Waals surface area (Å²) >= 11 is 0. The highest BCUT2D eigenvalue weighted by Gasteiger charge is 2.33. The first-order valence-corrected chi connectivity index (χ1v) is 6.63. The molecule has 104 valence electrons. The zero-order valence-corrected chi connectivity index (χ0v) is 12.4. The van der Waals surface area contributed by atoms with Crippen molar-refractivity contribution in [1.29, 1.82) is 0 Å². The Labute approximate surface area is 117 Å². The van der Waals surface area contributed by atoms with Crippen LogP contribution in [0.5, 0.6) is 5.75 Å². The van der Waals surface area contributed by atoms with E-state index in [2.05, 4.69) is 0 Å². The van der Waals surface area contributed by atoms with Gasteiger partial charge in [0.05, 0.1) is 7.11 Å². The van der Waals surface area contributed by atoms with Gasteiger partial charge in [-0.05, 0) is 50.5 Å². The molecule has 0 spiro atoms. The molecular weight excluding hydrogens is 238 g/mol. The first-order valence-electron chi connectivity index (χ1n) is 7.13. The average molecular weight is 262 g/mol. The number of carbonyl (C=O) groups is 1. The van der Waals surface area contributed by atoms with Gasteiger partial charge >= 0.3 is 0 Å². The van der Waals surface area contributed by atoms with Crippen LogP contribution in [0.15, 0.2) is 18.2 Å². The van der Waals surface area contributed by atoms with Gasteiger partial charge in [0.2, 0.25) is 5.91 Å². The second-order valence-corrected chi connectivity index (χ2v) is 6.15. The van der Waals surface area contributed by atoms with Gasteiger partial charge < -0.3 is 9.64 Å². The molecular formula is C16H23NO2. The van der Waals surface area contributed by atoms with Gasteiger partial charge in [-0.3, -0.25) is 4.79 Å². The summed E-state index contributed by atoms with van der Waals surface area (Å²) in [4.78, 5) is 14.4. The highest BCUT2D eigenvalue weighted by atomic mass is 16.5. The molecule has 1 unspecified atom stereocenters. The van der Waals surface area contributed by atoms with Crippen molar-refractivity contribution in [3.63, 3.8) is 0 Å². The fourth-order valence-corrected chi connectivity index (χ4v) is 2.42. The van der Waals surface area contributed by atoms with Gasteiger partial charge in [-0.2, -0.15) is 0 Å². The lowest BCUT2D eigenvalue weighted by Gasteiger charge is -2.36. The van der Waals surface area contributed by atoms with Gasteiger partial charge in [-0.25, -0.2) is 0 Å². The van der Waals surface area contributed by atoms with Crippen LogP contribution < -0.4 is 4.74 Å². The van der Waals surface area contributed by atoms with Crippen molar-refractivity contribution in [2.75, 3.05) is 7.11 Å². The van der Waals surface area contributed by atoms with Crippen LogP contribution in [-0.4, -0.2) is 23.5 Å². The van der Waals surface area contributed by atoms with Crippen LogP contribution in [0.3, 0.4) is 0 Å². The minimum Gasteiger partial charge on any atom is -0.497 e. The molecule has 1 aromatic rings. The molecule has 1 aliphatic rings. The van der Waals surface area contributed by atoms with E-state index in [1.54, 1.807) is 18.9 Å². The molecule has 0 bridgehead atoms. The maximum Gasteiger partial charge on any atom is 0.226 e. The second-order valence-electron chi connectivity index (χ2n) is 6.15. The van der Waals surface area contributed by atoms with E-state index in [1.165, 1.54) is 0 Å². The normalized spacial score (nSPS) is 24.6. The Morgan fingerprint density at radius 1 is 1.37 bits per heavy atom. The zero-order chi connectivity index (χ0) is 15.1. The minimum atomic E-state index is -1.12. The molecule has 1 aromatic carbocycles. The molecule has 3 nitrogen and oxygen atoms in total. The van der Waals surface area contributed by atoms with Crippen LogP contribution in [0.2, 0.25) is 0 Å². The Bertz CT molecular complexity index is 532. The Balaban J connectivity index is 2.52. The lowest BCUT2D eigenvalue weighted by atomic mass is 9.98. The van der Waals surface area contributed by atoms with E-state index in [9.17, 15) is 4.79 Å². The van der Waals surface area contributed by atoms with Crippen molar-refractivity contribution in [2.24, 2.45) is 5.89 Å². The number of rotatable bonds is 1. The monoisotopic (exact) mass is 262 g/mol. The molecule has 0 aromatic heterocycles. The lowest BCUT2D eigenvalue weighted by Crippen LogP contribution is -2.46. The van der Waals surface area contributed by atoms with Crippen molar-refractivity contribution in [1.82, 2.24) is 4.90 Å². The van der Waals surface area contributed by atoms with Gasteiger partial charge in [0, 0.05) is 19.3 Å². The third-order valence-corrected chi connectivity index (χ3v) is 3.62. The molecule has 1 amide bonds. The Morgan fingerprint density at radius 3 is 2.63 bits per heavy atom. The fourth-order valence-electron chi connectivity index (χ4n) is 2.42. The van der Waals surface area contributed by atoms with Crippen LogP contribution >= 0.6 is 0 Å². The third-order valence-electron chi connectivity index (χ3n) is 3.62. The Hall–Kier alpha value is -1.51. The molecule has 0 saturated carbocycles. The zero-order valence-electron chi connectivity index (χ0n) is 13.4. The molecule has 0 radical (unpaired) electrons. The molecule has 0 N–H and O–H groups in total. The number of hydrogen-bond donors (Lipinski definition) is 0. The van der Waals surface area contributed by atoms with E-state index < -0.39 is 5.89 Å². The maximum absolute atomic E-state index is 12.6. The smallest absolute Gasteiger partial charge is 0.226 e. The Morgan fingerprint density at radius 2 is 2.05 bits per heavy atom. The van der Waals surface area contributed by atoms with Crippen molar-refractivity contribution in [2.45, 2.75) is 46.2 Å². The highest BCUT2D eigenvalue weighted by molar-refractivity contribution is 5.80. The molecule has 1 heterocycles. The molecule has 0 saturated heterocycles. The van der Waals surface area contributed by atoms with Gasteiger partial charge in [-0.1, -0.05) is 13.0 Å². The molecule has 1 aliphatic heterocycles. The van der Waals surface area contributed by atoms with Crippen molar-refractivity contribution >= 4 is 5.91 Å². The first-order chi connectivity index (χ1) is 9.15. The summed E-state index contributed by atoms with van der Waals surface area (Å²) in [6.07, 6.45) is 0.442. The topological polar surface area (TPSA) is 29.5 Å². The number of hydrogen-bond acceptors (Lipinski definition) is 2. The average Bonchev–Trinajstić information content (AvgIpc) is 2.44. The van der Waals surface area contributed by atoms with Gasteiger partial charge in [0.1, 0.15) is 5.75 Å². The predicted octanol–water partition coefficient (Wildman–Crippen LogP) is 3.01. The van der Waals surface area contributed by atoms with Crippen LogP contribution in [0.1, 0.15) is 40.2 Å². The molecule has 1 atom stereocenters. The highest BCUT2D eigenvalue weighted by Crippen LogP contribution is 2.30. The second kappa shape index (κ2) is 4.87. The number of methoxy groups -OCH3 is 1.